The molecule has 1 heterocycles. The zero-order chi connectivity index (χ0) is 26.5. The second-order valence-electron chi connectivity index (χ2n) is 10.6. The van der Waals surface area contributed by atoms with E-state index in [0.29, 0.717) is 17.2 Å². The number of allylic oxidation sites excluding steroid dienone is 1. The first-order chi connectivity index (χ1) is 16.8. The Bertz CT molecular complexity index is 1190. The lowest BCUT2D eigenvalue weighted by Crippen LogP contribution is -2.26. The molecule has 9 nitrogen and oxygen atoms in total. The van der Waals surface area contributed by atoms with Crippen molar-refractivity contribution in [2.45, 2.75) is 53.4 Å². The maximum absolute atomic E-state index is 12.2. The first-order valence-corrected chi connectivity index (χ1v) is 11.7. The molecule has 2 aromatic rings. The number of carbonyl (C=O) groups excluding carboxylic acids is 1. The summed E-state index contributed by atoms with van der Waals surface area (Å²) in [6.45, 7) is 12.1. The summed E-state index contributed by atoms with van der Waals surface area (Å²) in [6.07, 6.45) is 4.41. The number of carbonyl (C=O) groups is 1. The van der Waals surface area contributed by atoms with E-state index in [0.717, 1.165) is 17.5 Å². The van der Waals surface area contributed by atoms with Crippen LogP contribution >= 0.6 is 0 Å². The number of nitro benzene ring substituents is 1. The minimum atomic E-state index is -0.530. The summed E-state index contributed by atoms with van der Waals surface area (Å²) in [5.41, 5.74) is 4.31. The van der Waals surface area contributed by atoms with Gasteiger partial charge in [0.25, 0.3) is 5.91 Å². The molecular weight excluding hydrogens is 462 g/mol. The van der Waals surface area contributed by atoms with Gasteiger partial charge in [-0.3, -0.25) is 14.9 Å². The van der Waals surface area contributed by atoms with Crippen molar-refractivity contribution < 1.29 is 23.9 Å². The molecule has 0 atom stereocenters. The Morgan fingerprint density at radius 1 is 1.14 bits per heavy atom. The third-order valence-corrected chi connectivity index (χ3v) is 5.54. The van der Waals surface area contributed by atoms with Crippen LogP contribution in [0.5, 0.6) is 17.2 Å². The number of ether oxygens (including phenoxy) is 3. The van der Waals surface area contributed by atoms with E-state index in [1.165, 1.54) is 6.07 Å². The number of fused-ring (bicyclic) bond motifs is 1. The van der Waals surface area contributed by atoms with Gasteiger partial charge in [0.05, 0.1) is 10.6 Å². The van der Waals surface area contributed by atoms with Gasteiger partial charge in [0, 0.05) is 6.07 Å². The molecule has 36 heavy (non-hydrogen) atoms. The Labute approximate surface area is 211 Å². The van der Waals surface area contributed by atoms with Crippen molar-refractivity contribution in [1.82, 2.24) is 5.43 Å². The largest absolute Gasteiger partial charge is 0.477 e. The summed E-state index contributed by atoms with van der Waals surface area (Å²) < 4.78 is 16.1. The maximum Gasteiger partial charge on any atom is 0.311 e. The van der Waals surface area contributed by atoms with Crippen LogP contribution in [0.1, 0.15) is 59.1 Å². The zero-order valence-corrected chi connectivity index (χ0v) is 21.6. The predicted molar refractivity (Wildman–Crippen MR) is 139 cm³/mol. The average Bonchev–Trinajstić information content (AvgIpc) is 3.26. The molecule has 2 aromatic carbocycles. The Balaban J connectivity index is 1.59. The lowest BCUT2D eigenvalue weighted by atomic mass is 9.72. The highest BCUT2D eigenvalue weighted by atomic mass is 16.7. The van der Waals surface area contributed by atoms with Gasteiger partial charge in [0.2, 0.25) is 6.79 Å². The maximum atomic E-state index is 12.2. The third kappa shape index (κ3) is 7.31. The van der Waals surface area contributed by atoms with Gasteiger partial charge in [-0.2, -0.15) is 5.10 Å². The molecule has 0 fully saturated rings. The normalized spacial score (nSPS) is 13.7. The van der Waals surface area contributed by atoms with Gasteiger partial charge < -0.3 is 14.2 Å². The van der Waals surface area contributed by atoms with Crippen LogP contribution in [0.15, 0.2) is 47.6 Å². The smallest absolute Gasteiger partial charge is 0.311 e. The van der Waals surface area contributed by atoms with Crippen molar-refractivity contribution in [3.63, 3.8) is 0 Å². The standard InChI is InChI=1S/C27H33N3O6/c1-18(7-8-19-9-11-23-24(13-19)36-17-35-23)28-29-25(31)15-34-22-12-10-20(14-21(22)30(32)33)27(5,6)16-26(2,3)4/h7-14H,15-17H2,1-6H3,(H,29,31)/b8-7+,28-18-. The molecule has 0 radical (unpaired) electrons. The topological polar surface area (TPSA) is 112 Å². The van der Waals surface area contributed by atoms with Gasteiger partial charge in [-0.15, -0.1) is 0 Å². The van der Waals surface area contributed by atoms with Crippen molar-refractivity contribution in [3.8, 4) is 17.2 Å². The summed E-state index contributed by atoms with van der Waals surface area (Å²) in [7, 11) is 0. The molecule has 1 aliphatic rings. The first-order valence-electron chi connectivity index (χ1n) is 11.7. The number of nitro groups is 1. The molecule has 0 saturated carbocycles. The highest BCUT2D eigenvalue weighted by Crippen LogP contribution is 2.39. The number of amides is 1. The van der Waals surface area contributed by atoms with Gasteiger partial charge in [-0.25, -0.2) is 5.43 Å². The van der Waals surface area contributed by atoms with E-state index < -0.39 is 17.4 Å². The zero-order valence-electron chi connectivity index (χ0n) is 21.6. The molecule has 0 unspecified atom stereocenters. The second-order valence-corrected chi connectivity index (χ2v) is 10.6. The monoisotopic (exact) mass is 495 g/mol. The predicted octanol–water partition coefficient (Wildman–Crippen LogP) is 5.62. The third-order valence-electron chi connectivity index (χ3n) is 5.54. The van der Waals surface area contributed by atoms with Crippen LogP contribution in [0.4, 0.5) is 5.69 Å². The van der Waals surface area contributed by atoms with Crippen molar-refractivity contribution >= 4 is 23.4 Å². The van der Waals surface area contributed by atoms with Gasteiger partial charge in [0.15, 0.2) is 23.9 Å². The molecule has 9 heteroatoms. The minimum absolute atomic E-state index is 0.0360. The van der Waals surface area contributed by atoms with Crippen molar-refractivity contribution in [2.75, 3.05) is 13.4 Å². The van der Waals surface area contributed by atoms with Crippen LogP contribution in [0.25, 0.3) is 6.08 Å². The van der Waals surface area contributed by atoms with Crippen molar-refractivity contribution in [3.05, 3.63) is 63.7 Å². The van der Waals surface area contributed by atoms with E-state index in [1.807, 2.05) is 30.3 Å². The fourth-order valence-electron chi connectivity index (χ4n) is 4.23. The van der Waals surface area contributed by atoms with Crippen LogP contribution in [0.3, 0.4) is 0 Å². The molecule has 0 bridgehead atoms. The van der Waals surface area contributed by atoms with Crippen LogP contribution < -0.4 is 19.6 Å². The van der Waals surface area contributed by atoms with E-state index in [2.05, 4.69) is 45.1 Å². The molecule has 1 aliphatic heterocycles. The van der Waals surface area contributed by atoms with Crippen LogP contribution in [-0.2, 0) is 10.2 Å². The van der Waals surface area contributed by atoms with Gasteiger partial charge in [0.1, 0.15) is 0 Å². The van der Waals surface area contributed by atoms with E-state index in [-0.39, 0.29) is 29.1 Å². The molecule has 3 rings (SSSR count). The van der Waals surface area contributed by atoms with E-state index in [4.69, 9.17) is 14.2 Å². The highest BCUT2D eigenvalue weighted by molar-refractivity contribution is 5.97. The highest BCUT2D eigenvalue weighted by Gasteiger charge is 2.30. The van der Waals surface area contributed by atoms with Gasteiger partial charge in [-0.1, -0.05) is 52.8 Å². The number of benzene rings is 2. The van der Waals surface area contributed by atoms with Crippen LogP contribution in [0, 0.1) is 15.5 Å². The molecule has 0 aliphatic carbocycles. The average molecular weight is 496 g/mol. The number of hydrazone groups is 1. The first kappa shape index (κ1) is 26.7. The van der Waals surface area contributed by atoms with Gasteiger partial charge in [-0.05, 0) is 59.6 Å². The van der Waals surface area contributed by atoms with E-state index >= 15 is 0 Å². The quantitative estimate of drug-likeness (QED) is 0.274. The number of nitrogens with zero attached hydrogens (tertiary/aromatic N) is 2. The van der Waals surface area contributed by atoms with E-state index in [1.54, 1.807) is 19.1 Å². The number of hydrogen-bond acceptors (Lipinski definition) is 7. The Kier molecular flexibility index (Phi) is 8.02. The molecule has 1 N–H and O–H groups in total. The summed E-state index contributed by atoms with van der Waals surface area (Å²) in [4.78, 5) is 23.4. The van der Waals surface area contributed by atoms with Crippen LogP contribution in [-0.4, -0.2) is 29.9 Å². The molecule has 0 saturated heterocycles. The molecular formula is C27H33N3O6. The Morgan fingerprint density at radius 3 is 2.56 bits per heavy atom. The summed E-state index contributed by atoms with van der Waals surface area (Å²) >= 11 is 0. The Morgan fingerprint density at radius 2 is 1.86 bits per heavy atom. The fraction of sp³-hybridized carbons (Fsp3) is 0.407. The van der Waals surface area contributed by atoms with E-state index in [9.17, 15) is 14.9 Å². The fourth-order valence-corrected chi connectivity index (χ4v) is 4.23. The van der Waals surface area contributed by atoms with Crippen molar-refractivity contribution in [2.24, 2.45) is 10.5 Å². The molecule has 0 spiro atoms. The summed E-state index contributed by atoms with van der Waals surface area (Å²) in [6, 6.07) is 10.4. The Hall–Kier alpha value is -3.88. The lowest BCUT2D eigenvalue weighted by molar-refractivity contribution is -0.385. The summed E-state index contributed by atoms with van der Waals surface area (Å²) in [5.74, 6) is 0.886. The summed E-state index contributed by atoms with van der Waals surface area (Å²) in [5, 5.41) is 15.7. The lowest BCUT2D eigenvalue weighted by Gasteiger charge is -2.33. The minimum Gasteiger partial charge on any atom is -0.477 e. The van der Waals surface area contributed by atoms with Crippen molar-refractivity contribution in [1.29, 1.82) is 0 Å². The SMILES string of the molecule is CC(/C=C/c1ccc2c(c1)OCO2)=N/NC(=O)COc1ccc(C(C)(C)CC(C)(C)C)cc1[N+](=O)[O-]. The molecule has 1 amide bonds. The molecule has 0 aromatic heterocycles. The van der Waals surface area contributed by atoms with Crippen LogP contribution in [0.2, 0.25) is 0 Å². The number of nitrogens with one attached hydrogen (secondary N) is 1. The second kappa shape index (κ2) is 10.8. The van der Waals surface area contributed by atoms with Gasteiger partial charge >= 0.3 is 5.69 Å². The number of rotatable bonds is 9. The number of hydrogen-bond donors (Lipinski definition) is 1. The molecule has 192 valence electrons.